The van der Waals surface area contributed by atoms with Crippen LogP contribution in [0, 0.1) is 0 Å². The van der Waals surface area contributed by atoms with Gasteiger partial charge in [-0.1, -0.05) is 45.7 Å². The van der Waals surface area contributed by atoms with Gasteiger partial charge in [-0.15, -0.1) is 0 Å². The zero-order valence-electron chi connectivity index (χ0n) is 13.2. The van der Waals surface area contributed by atoms with Crippen molar-refractivity contribution in [1.29, 1.82) is 0 Å². The van der Waals surface area contributed by atoms with Crippen LogP contribution in [0.2, 0.25) is 0 Å². The summed E-state index contributed by atoms with van der Waals surface area (Å²) in [5.41, 5.74) is 3.09. The zero-order chi connectivity index (χ0) is 14.2. The molecule has 0 radical (unpaired) electrons. The summed E-state index contributed by atoms with van der Waals surface area (Å²) in [4.78, 5) is 2.65. The van der Waals surface area contributed by atoms with E-state index < -0.39 is 0 Å². The van der Waals surface area contributed by atoms with Gasteiger partial charge in [0, 0.05) is 30.9 Å². The number of fused-ring (bicyclic) bond motifs is 1. The van der Waals surface area contributed by atoms with Crippen molar-refractivity contribution >= 4 is 5.69 Å². The normalized spacial score (nSPS) is 27.2. The first-order valence-corrected chi connectivity index (χ1v) is 8.16. The van der Waals surface area contributed by atoms with Crippen LogP contribution in [0.15, 0.2) is 24.3 Å². The van der Waals surface area contributed by atoms with E-state index in [0.29, 0.717) is 12.1 Å². The number of rotatable bonds is 1. The third-order valence-electron chi connectivity index (χ3n) is 4.95. The number of nitrogens with zero attached hydrogens (tertiary/aromatic N) is 1. The minimum absolute atomic E-state index is 0.245. The molecule has 0 unspecified atom stereocenters. The average molecular weight is 272 g/mol. The molecule has 1 saturated heterocycles. The molecular formula is C18H28N2. The van der Waals surface area contributed by atoms with Crippen molar-refractivity contribution in [2.75, 3.05) is 18.0 Å². The van der Waals surface area contributed by atoms with Crippen LogP contribution < -0.4 is 10.2 Å². The predicted octanol–water partition coefficient (Wildman–Crippen LogP) is 3.70. The van der Waals surface area contributed by atoms with Crippen molar-refractivity contribution in [2.45, 2.75) is 64.0 Å². The Morgan fingerprint density at radius 3 is 2.45 bits per heavy atom. The number of nitrogens with one attached hydrogen (secondary N) is 1. The van der Waals surface area contributed by atoms with Crippen LogP contribution in [0.1, 0.15) is 52.0 Å². The Balaban J connectivity index is 1.80. The van der Waals surface area contributed by atoms with E-state index in [0.717, 1.165) is 13.1 Å². The number of hydrogen-bond donors (Lipinski definition) is 1. The summed E-state index contributed by atoms with van der Waals surface area (Å²) in [6.07, 6.45) is 5.48. The lowest BCUT2D eigenvalue weighted by molar-refractivity contribution is 0.284. The Labute approximate surface area is 123 Å². The number of piperazine rings is 1. The molecule has 2 nitrogen and oxygen atoms in total. The fourth-order valence-corrected chi connectivity index (χ4v) is 3.73. The molecular weight excluding hydrogens is 244 g/mol. The molecule has 2 heteroatoms. The van der Waals surface area contributed by atoms with Gasteiger partial charge in [0.05, 0.1) is 0 Å². The highest BCUT2D eigenvalue weighted by atomic mass is 15.2. The van der Waals surface area contributed by atoms with Crippen LogP contribution in [-0.2, 0) is 5.41 Å². The first-order chi connectivity index (χ1) is 9.55. The second kappa shape index (κ2) is 5.40. The summed E-state index contributed by atoms with van der Waals surface area (Å²) in [5, 5.41) is 3.71. The fraction of sp³-hybridized carbons (Fsp3) is 0.667. The maximum absolute atomic E-state index is 3.71. The highest BCUT2D eigenvalue weighted by Gasteiger charge is 2.33. The molecule has 0 aromatic heterocycles. The van der Waals surface area contributed by atoms with Crippen molar-refractivity contribution in [3.05, 3.63) is 29.8 Å². The van der Waals surface area contributed by atoms with Crippen molar-refractivity contribution in [3.8, 4) is 0 Å². The minimum Gasteiger partial charge on any atom is -0.366 e. The Morgan fingerprint density at radius 2 is 1.75 bits per heavy atom. The molecule has 0 bridgehead atoms. The van der Waals surface area contributed by atoms with Crippen LogP contribution in [0.3, 0.4) is 0 Å². The lowest BCUT2D eigenvalue weighted by atomic mass is 9.85. The van der Waals surface area contributed by atoms with E-state index in [1.807, 2.05) is 0 Å². The summed E-state index contributed by atoms with van der Waals surface area (Å²) in [6.45, 7) is 9.12. The van der Waals surface area contributed by atoms with E-state index in [9.17, 15) is 0 Å². The summed E-state index contributed by atoms with van der Waals surface area (Å²) in [7, 11) is 0. The number of anilines is 1. The van der Waals surface area contributed by atoms with E-state index in [1.165, 1.54) is 36.9 Å². The van der Waals surface area contributed by atoms with Gasteiger partial charge < -0.3 is 10.2 Å². The van der Waals surface area contributed by atoms with Gasteiger partial charge in [-0.3, -0.25) is 0 Å². The molecule has 0 spiro atoms. The van der Waals surface area contributed by atoms with Gasteiger partial charge in [0.2, 0.25) is 0 Å². The molecule has 110 valence electrons. The van der Waals surface area contributed by atoms with Crippen molar-refractivity contribution in [1.82, 2.24) is 5.32 Å². The molecule has 1 aromatic carbocycles. The van der Waals surface area contributed by atoms with E-state index >= 15 is 0 Å². The quantitative estimate of drug-likeness (QED) is 0.838. The fourth-order valence-electron chi connectivity index (χ4n) is 3.73. The van der Waals surface area contributed by atoms with Gasteiger partial charge >= 0.3 is 0 Å². The van der Waals surface area contributed by atoms with Crippen LogP contribution in [0.25, 0.3) is 0 Å². The summed E-state index contributed by atoms with van der Waals surface area (Å²) >= 11 is 0. The molecule has 1 heterocycles. The molecule has 2 fully saturated rings. The maximum atomic E-state index is 3.71. The first kappa shape index (κ1) is 13.9. The molecule has 1 saturated carbocycles. The lowest BCUT2D eigenvalue weighted by Crippen LogP contribution is -2.59. The SMILES string of the molecule is CC(C)(C)c1ccc(N2CCN[C@H]3CCCC[C@@H]32)cc1. The van der Waals surface area contributed by atoms with Gasteiger partial charge in [0.25, 0.3) is 0 Å². The smallest absolute Gasteiger partial charge is 0.0443 e. The molecule has 20 heavy (non-hydrogen) atoms. The Hall–Kier alpha value is -1.02. The molecule has 1 aromatic rings. The monoisotopic (exact) mass is 272 g/mol. The molecule has 1 aliphatic heterocycles. The molecule has 2 aliphatic rings. The molecule has 1 N–H and O–H groups in total. The third-order valence-corrected chi connectivity index (χ3v) is 4.95. The largest absolute Gasteiger partial charge is 0.366 e. The summed E-state index contributed by atoms with van der Waals surface area (Å²) < 4.78 is 0. The van der Waals surface area contributed by atoms with Crippen molar-refractivity contribution in [3.63, 3.8) is 0 Å². The van der Waals surface area contributed by atoms with E-state index in [2.05, 4.69) is 55.3 Å². The topological polar surface area (TPSA) is 15.3 Å². The van der Waals surface area contributed by atoms with Gasteiger partial charge in [-0.05, 0) is 36.0 Å². The highest BCUT2D eigenvalue weighted by molar-refractivity contribution is 5.50. The first-order valence-electron chi connectivity index (χ1n) is 8.16. The zero-order valence-corrected chi connectivity index (χ0v) is 13.2. The van der Waals surface area contributed by atoms with Gasteiger partial charge in [0.1, 0.15) is 0 Å². The maximum Gasteiger partial charge on any atom is 0.0443 e. The molecule has 3 rings (SSSR count). The van der Waals surface area contributed by atoms with E-state index in [-0.39, 0.29) is 5.41 Å². The Bertz CT molecular complexity index is 441. The van der Waals surface area contributed by atoms with Crippen LogP contribution >= 0.6 is 0 Å². The van der Waals surface area contributed by atoms with Gasteiger partial charge in [-0.2, -0.15) is 0 Å². The second-order valence-electron chi connectivity index (χ2n) is 7.40. The lowest BCUT2D eigenvalue weighted by Gasteiger charge is -2.46. The van der Waals surface area contributed by atoms with Crippen molar-refractivity contribution in [2.24, 2.45) is 0 Å². The van der Waals surface area contributed by atoms with Crippen LogP contribution in [-0.4, -0.2) is 25.2 Å². The standard InChI is InChI=1S/C18H28N2/c1-18(2,3)14-8-10-15(11-9-14)20-13-12-19-16-6-4-5-7-17(16)20/h8-11,16-17,19H,4-7,12-13H2,1-3H3/t16-,17-/m0/s1. The van der Waals surface area contributed by atoms with E-state index in [4.69, 9.17) is 0 Å². The predicted molar refractivity (Wildman–Crippen MR) is 86.5 cm³/mol. The number of hydrogen-bond acceptors (Lipinski definition) is 2. The average Bonchev–Trinajstić information content (AvgIpc) is 2.46. The van der Waals surface area contributed by atoms with Gasteiger partial charge in [-0.25, -0.2) is 0 Å². The summed E-state index contributed by atoms with van der Waals surface area (Å²) in [5.74, 6) is 0. The molecule has 0 amide bonds. The highest BCUT2D eigenvalue weighted by Crippen LogP contribution is 2.31. The molecule has 1 aliphatic carbocycles. The van der Waals surface area contributed by atoms with E-state index in [1.54, 1.807) is 0 Å². The Morgan fingerprint density at radius 1 is 1.05 bits per heavy atom. The van der Waals surface area contributed by atoms with Crippen molar-refractivity contribution < 1.29 is 0 Å². The molecule has 2 atom stereocenters. The third kappa shape index (κ3) is 2.71. The summed E-state index contributed by atoms with van der Waals surface area (Å²) in [6, 6.07) is 10.7. The van der Waals surface area contributed by atoms with Crippen LogP contribution in [0.5, 0.6) is 0 Å². The number of benzene rings is 1. The Kier molecular flexibility index (Phi) is 3.76. The second-order valence-corrected chi connectivity index (χ2v) is 7.40. The minimum atomic E-state index is 0.245. The van der Waals surface area contributed by atoms with Crippen LogP contribution in [0.4, 0.5) is 5.69 Å². The van der Waals surface area contributed by atoms with Gasteiger partial charge in [0.15, 0.2) is 0 Å².